The molecule has 1 nitrogen and oxygen atoms in total. The third kappa shape index (κ3) is 2.24. The highest BCUT2D eigenvalue weighted by Gasteiger charge is 2.02. The predicted octanol–water partition coefficient (Wildman–Crippen LogP) is 3.09. The zero-order valence-corrected chi connectivity index (χ0v) is 8.85. The van der Waals surface area contributed by atoms with E-state index in [4.69, 9.17) is 5.73 Å². The molecule has 0 saturated carbocycles. The van der Waals surface area contributed by atoms with Crippen LogP contribution >= 0.6 is 0 Å². The van der Waals surface area contributed by atoms with Crippen molar-refractivity contribution >= 4 is 5.69 Å². The molecule has 1 rings (SSSR count). The topological polar surface area (TPSA) is 26.0 Å². The molecular weight excluding hydrogens is 158 g/mol. The van der Waals surface area contributed by atoms with Crippen molar-refractivity contribution in [2.24, 2.45) is 0 Å². The number of aryl methyl sites for hydroxylation is 3. The molecule has 1 aromatic carbocycles. The molecular formula is C12H19N. The Labute approximate surface area is 81.0 Å². The van der Waals surface area contributed by atoms with E-state index in [9.17, 15) is 0 Å². The minimum absolute atomic E-state index is 0.944. The summed E-state index contributed by atoms with van der Waals surface area (Å²) >= 11 is 0. The van der Waals surface area contributed by atoms with E-state index in [-0.39, 0.29) is 0 Å². The number of nitrogen functional groups attached to an aromatic ring is 1. The summed E-state index contributed by atoms with van der Waals surface area (Å²) in [5, 5.41) is 0. The molecule has 0 saturated heterocycles. The third-order valence-electron chi connectivity index (χ3n) is 2.50. The van der Waals surface area contributed by atoms with Crippen LogP contribution in [0.4, 0.5) is 5.69 Å². The van der Waals surface area contributed by atoms with Crippen LogP contribution in [0.5, 0.6) is 0 Å². The summed E-state index contributed by atoms with van der Waals surface area (Å²) in [4.78, 5) is 0. The van der Waals surface area contributed by atoms with Crippen LogP contribution in [-0.2, 0) is 12.8 Å². The maximum absolute atomic E-state index is 5.90. The van der Waals surface area contributed by atoms with E-state index in [1.54, 1.807) is 0 Å². The van der Waals surface area contributed by atoms with E-state index in [1.807, 2.05) is 0 Å². The maximum atomic E-state index is 5.90. The molecule has 0 amide bonds. The molecule has 0 aliphatic rings. The largest absolute Gasteiger partial charge is 0.398 e. The quantitative estimate of drug-likeness (QED) is 0.705. The van der Waals surface area contributed by atoms with Crippen molar-refractivity contribution in [3.05, 3.63) is 28.8 Å². The van der Waals surface area contributed by atoms with Crippen LogP contribution in [-0.4, -0.2) is 0 Å². The zero-order chi connectivity index (χ0) is 9.84. The van der Waals surface area contributed by atoms with Gasteiger partial charge in [0.15, 0.2) is 0 Å². The summed E-state index contributed by atoms with van der Waals surface area (Å²) < 4.78 is 0. The number of rotatable bonds is 3. The fourth-order valence-corrected chi connectivity index (χ4v) is 1.67. The zero-order valence-electron chi connectivity index (χ0n) is 8.85. The second-order valence-electron chi connectivity index (χ2n) is 3.58. The molecule has 13 heavy (non-hydrogen) atoms. The van der Waals surface area contributed by atoms with E-state index in [0.717, 1.165) is 12.1 Å². The summed E-state index contributed by atoms with van der Waals surface area (Å²) in [6.45, 7) is 6.50. The highest BCUT2D eigenvalue weighted by molar-refractivity contribution is 5.52. The first kappa shape index (κ1) is 10.1. The Morgan fingerprint density at radius 3 is 2.38 bits per heavy atom. The first-order valence-corrected chi connectivity index (χ1v) is 5.06. The standard InChI is InChI=1S/C12H19N/c1-4-6-11-8-10(5-2)12(13)7-9(11)3/h7-8H,4-6,13H2,1-3H3. The van der Waals surface area contributed by atoms with Crippen LogP contribution in [0.2, 0.25) is 0 Å². The van der Waals surface area contributed by atoms with Gasteiger partial charge in [0.1, 0.15) is 0 Å². The molecule has 0 radical (unpaired) electrons. The molecule has 0 heterocycles. The van der Waals surface area contributed by atoms with Gasteiger partial charge in [0, 0.05) is 5.69 Å². The van der Waals surface area contributed by atoms with Gasteiger partial charge >= 0.3 is 0 Å². The molecule has 1 aromatic rings. The Kier molecular flexibility index (Phi) is 3.35. The van der Waals surface area contributed by atoms with Gasteiger partial charge in [-0.3, -0.25) is 0 Å². The Balaban J connectivity index is 3.06. The van der Waals surface area contributed by atoms with Crippen LogP contribution < -0.4 is 5.73 Å². The second kappa shape index (κ2) is 4.31. The number of nitrogens with two attached hydrogens (primary N) is 1. The molecule has 0 spiro atoms. The van der Waals surface area contributed by atoms with Crippen LogP contribution in [0.25, 0.3) is 0 Å². The predicted molar refractivity (Wildman–Crippen MR) is 59.0 cm³/mol. The van der Waals surface area contributed by atoms with Gasteiger partial charge in [-0.2, -0.15) is 0 Å². The Bertz CT molecular complexity index is 289. The van der Waals surface area contributed by atoms with Gasteiger partial charge in [-0.05, 0) is 42.5 Å². The minimum atomic E-state index is 0.944. The lowest BCUT2D eigenvalue weighted by Gasteiger charge is -2.09. The lowest BCUT2D eigenvalue weighted by molar-refractivity contribution is 0.908. The lowest BCUT2D eigenvalue weighted by atomic mass is 9.98. The Hall–Kier alpha value is -0.980. The lowest BCUT2D eigenvalue weighted by Crippen LogP contribution is -1.98. The molecule has 0 unspecified atom stereocenters. The molecule has 0 atom stereocenters. The van der Waals surface area contributed by atoms with Gasteiger partial charge in [0.25, 0.3) is 0 Å². The Morgan fingerprint density at radius 1 is 1.15 bits per heavy atom. The Morgan fingerprint density at radius 2 is 1.85 bits per heavy atom. The van der Waals surface area contributed by atoms with E-state index < -0.39 is 0 Å². The normalized spacial score (nSPS) is 10.4. The number of hydrogen-bond acceptors (Lipinski definition) is 1. The third-order valence-corrected chi connectivity index (χ3v) is 2.50. The van der Waals surface area contributed by atoms with E-state index in [1.165, 1.54) is 29.5 Å². The van der Waals surface area contributed by atoms with Crippen molar-refractivity contribution < 1.29 is 0 Å². The molecule has 0 aliphatic carbocycles. The average Bonchev–Trinajstić information content (AvgIpc) is 2.10. The summed E-state index contributed by atoms with van der Waals surface area (Å²) in [6, 6.07) is 4.36. The van der Waals surface area contributed by atoms with E-state index >= 15 is 0 Å². The maximum Gasteiger partial charge on any atom is 0.0349 e. The van der Waals surface area contributed by atoms with Gasteiger partial charge in [0.2, 0.25) is 0 Å². The van der Waals surface area contributed by atoms with Crippen molar-refractivity contribution in [3.8, 4) is 0 Å². The van der Waals surface area contributed by atoms with Gasteiger partial charge < -0.3 is 5.73 Å². The summed E-state index contributed by atoms with van der Waals surface area (Å²) in [5.74, 6) is 0. The fraction of sp³-hybridized carbons (Fsp3) is 0.500. The van der Waals surface area contributed by atoms with Crippen LogP contribution in [0.1, 0.15) is 37.0 Å². The van der Waals surface area contributed by atoms with Crippen molar-refractivity contribution in [2.45, 2.75) is 40.0 Å². The molecule has 0 bridgehead atoms. The molecule has 0 fully saturated rings. The summed E-state index contributed by atoms with van der Waals surface area (Å²) in [7, 11) is 0. The van der Waals surface area contributed by atoms with Crippen LogP contribution in [0.15, 0.2) is 12.1 Å². The molecule has 0 aromatic heterocycles. The van der Waals surface area contributed by atoms with Crippen molar-refractivity contribution in [1.82, 2.24) is 0 Å². The molecule has 1 heteroatoms. The van der Waals surface area contributed by atoms with E-state index in [2.05, 4.69) is 32.9 Å². The van der Waals surface area contributed by atoms with Gasteiger partial charge in [-0.25, -0.2) is 0 Å². The van der Waals surface area contributed by atoms with Gasteiger partial charge in [0.05, 0.1) is 0 Å². The number of benzene rings is 1. The highest BCUT2D eigenvalue weighted by Crippen LogP contribution is 2.20. The molecule has 2 N–H and O–H groups in total. The van der Waals surface area contributed by atoms with E-state index in [0.29, 0.717) is 0 Å². The van der Waals surface area contributed by atoms with Crippen molar-refractivity contribution in [2.75, 3.05) is 5.73 Å². The smallest absolute Gasteiger partial charge is 0.0349 e. The highest BCUT2D eigenvalue weighted by atomic mass is 14.6. The monoisotopic (exact) mass is 177 g/mol. The van der Waals surface area contributed by atoms with Crippen molar-refractivity contribution in [1.29, 1.82) is 0 Å². The molecule has 0 aliphatic heterocycles. The summed E-state index contributed by atoms with van der Waals surface area (Å²) in [5.41, 5.74) is 10.9. The van der Waals surface area contributed by atoms with Gasteiger partial charge in [-0.15, -0.1) is 0 Å². The first-order valence-electron chi connectivity index (χ1n) is 5.06. The number of hydrogen-bond donors (Lipinski definition) is 1. The first-order chi connectivity index (χ1) is 6.19. The minimum Gasteiger partial charge on any atom is -0.398 e. The average molecular weight is 177 g/mol. The van der Waals surface area contributed by atoms with Gasteiger partial charge in [-0.1, -0.05) is 26.3 Å². The fourth-order valence-electron chi connectivity index (χ4n) is 1.67. The second-order valence-corrected chi connectivity index (χ2v) is 3.58. The number of anilines is 1. The molecule has 72 valence electrons. The van der Waals surface area contributed by atoms with Crippen LogP contribution in [0.3, 0.4) is 0 Å². The summed E-state index contributed by atoms with van der Waals surface area (Å²) in [6.07, 6.45) is 3.40. The van der Waals surface area contributed by atoms with Crippen molar-refractivity contribution in [3.63, 3.8) is 0 Å². The van der Waals surface area contributed by atoms with Crippen LogP contribution in [0, 0.1) is 6.92 Å². The SMILES string of the molecule is CCCc1cc(CC)c(N)cc1C.